The summed E-state index contributed by atoms with van der Waals surface area (Å²) in [6.45, 7) is 4.21. The Bertz CT molecular complexity index is 768. The molecule has 0 spiro atoms. The molecule has 1 aliphatic carbocycles. The molecule has 0 radical (unpaired) electrons. The van der Waals surface area contributed by atoms with E-state index in [0.29, 0.717) is 11.8 Å². The summed E-state index contributed by atoms with van der Waals surface area (Å²) in [6.07, 6.45) is 13.9. The SMILES string of the molecule is c1c(C2CCCCC2)noc1CN1CCC(c2nnc3n2CCCCC3)CC1. The van der Waals surface area contributed by atoms with Crippen LogP contribution in [0.25, 0.3) is 0 Å². The van der Waals surface area contributed by atoms with Crippen molar-refractivity contribution in [3.63, 3.8) is 0 Å². The van der Waals surface area contributed by atoms with Gasteiger partial charge in [0.2, 0.25) is 0 Å². The summed E-state index contributed by atoms with van der Waals surface area (Å²) in [5.41, 5.74) is 1.19. The number of aromatic nitrogens is 4. The molecule has 152 valence electrons. The molecule has 0 aromatic carbocycles. The fourth-order valence-corrected chi connectivity index (χ4v) is 5.37. The molecule has 0 N–H and O–H groups in total. The quantitative estimate of drug-likeness (QED) is 0.782. The molecular formula is C22H33N5O. The van der Waals surface area contributed by atoms with Crippen LogP contribution in [0.15, 0.2) is 10.6 Å². The lowest BCUT2D eigenvalue weighted by Crippen LogP contribution is -2.33. The fourth-order valence-electron chi connectivity index (χ4n) is 5.37. The molecule has 2 aliphatic heterocycles. The minimum Gasteiger partial charge on any atom is -0.360 e. The Morgan fingerprint density at radius 1 is 0.857 bits per heavy atom. The van der Waals surface area contributed by atoms with E-state index in [0.717, 1.165) is 38.4 Å². The molecule has 4 heterocycles. The molecule has 0 atom stereocenters. The molecule has 2 aromatic heterocycles. The molecule has 1 saturated carbocycles. The van der Waals surface area contributed by atoms with Crippen LogP contribution in [0.2, 0.25) is 0 Å². The van der Waals surface area contributed by atoms with Crippen molar-refractivity contribution in [2.75, 3.05) is 13.1 Å². The van der Waals surface area contributed by atoms with Gasteiger partial charge in [0.1, 0.15) is 11.6 Å². The van der Waals surface area contributed by atoms with Gasteiger partial charge in [0.05, 0.1) is 12.2 Å². The highest BCUT2D eigenvalue weighted by Crippen LogP contribution is 2.33. The predicted octanol–water partition coefficient (Wildman–Crippen LogP) is 4.42. The Labute approximate surface area is 167 Å². The minimum absolute atomic E-state index is 0.558. The zero-order valence-electron chi connectivity index (χ0n) is 17.0. The lowest BCUT2D eigenvalue weighted by molar-refractivity contribution is 0.180. The predicted molar refractivity (Wildman–Crippen MR) is 107 cm³/mol. The molecular weight excluding hydrogens is 350 g/mol. The highest BCUT2D eigenvalue weighted by atomic mass is 16.5. The van der Waals surface area contributed by atoms with Crippen LogP contribution in [0.1, 0.15) is 99.1 Å². The van der Waals surface area contributed by atoms with Gasteiger partial charge in [-0.3, -0.25) is 4.90 Å². The highest BCUT2D eigenvalue weighted by Gasteiger charge is 2.27. The van der Waals surface area contributed by atoms with E-state index >= 15 is 0 Å². The second kappa shape index (κ2) is 8.36. The van der Waals surface area contributed by atoms with E-state index < -0.39 is 0 Å². The van der Waals surface area contributed by atoms with Crippen LogP contribution in [0.4, 0.5) is 0 Å². The molecule has 1 saturated heterocycles. The van der Waals surface area contributed by atoms with E-state index in [1.165, 1.54) is 81.6 Å². The Morgan fingerprint density at radius 3 is 2.54 bits per heavy atom. The molecule has 2 aromatic rings. The Morgan fingerprint density at radius 2 is 1.68 bits per heavy atom. The number of hydrogen-bond donors (Lipinski definition) is 0. The van der Waals surface area contributed by atoms with Crippen LogP contribution in [-0.2, 0) is 19.5 Å². The molecule has 0 bridgehead atoms. The van der Waals surface area contributed by atoms with Crippen molar-refractivity contribution in [2.24, 2.45) is 0 Å². The van der Waals surface area contributed by atoms with Crippen molar-refractivity contribution >= 4 is 0 Å². The van der Waals surface area contributed by atoms with Crippen molar-refractivity contribution in [2.45, 2.75) is 95.6 Å². The van der Waals surface area contributed by atoms with Gasteiger partial charge in [0.25, 0.3) is 0 Å². The first-order valence-electron chi connectivity index (χ1n) is 11.5. The summed E-state index contributed by atoms with van der Waals surface area (Å²) >= 11 is 0. The molecule has 3 aliphatic rings. The van der Waals surface area contributed by atoms with E-state index in [4.69, 9.17) is 4.52 Å². The van der Waals surface area contributed by atoms with Crippen molar-refractivity contribution in [3.05, 3.63) is 29.2 Å². The van der Waals surface area contributed by atoms with Gasteiger partial charge in [-0.05, 0) is 51.6 Å². The van der Waals surface area contributed by atoms with Gasteiger partial charge in [-0.1, -0.05) is 30.8 Å². The number of hydrogen-bond acceptors (Lipinski definition) is 5. The summed E-state index contributed by atoms with van der Waals surface area (Å²) in [6, 6.07) is 2.22. The van der Waals surface area contributed by atoms with E-state index in [9.17, 15) is 0 Å². The lowest BCUT2D eigenvalue weighted by atomic mass is 9.87. The maximum atomic E-state index is 5.69. The van der Waals surface area contributed by atoms with Gasteiger partial charge in [-0.2, -0.15) is 0 Å². The topological polar surface area (TPSA) is 60.0 Å². The van der Waals surface area contributed by atoms with Crippen LogP contribution in [0.5, 0.6) is 0 Å². The van der Waals surface area contributed by atoms with Gasteiger partial charge in [0.15, 0.2) is 5.76 Å². The van der Waals surface area contributed by atoms with Crippen LogP contribution >= 0.6 is 0 Å². The summed E-state index contributed by atoms with van der Waals surface area (Å²) in [5.74, 6) is 4.68. The molecule has 0 unspecified atom stereocenters. The molecule has 6 heteroatoms. The number of nitrogens with zero attached hydrogens (tertiary/aromatic N) is 5. The Kier molecular flexibility index (Phi) is 5.47. The van der Waals surface area contributed by atoms with E-state index in [-0.39, 0.29) is 0 Å². The van der Waals surface area contributed by atoms with E-state index in [1.54, 1.807) is 0 Å². The normalized spacial score (nSPS) is 22.9. The van der Waals surface area contributed by atoms with Gasteiger partial charge < -0.3 is 9.09 Å². The standard InChI is InChI=1S/C22H33N5O/c1-3-7-17(8-4-1)20-15-19(28-25-20)16-26-13-10-18(11-14-26)22-24-23-21-9-5-2-6-12-27(21)22/h15,17-18H,1-14,16H2. The second-order valence-corrected chi connectivity index (χ2v) is 9.04. The van der Waals surface area contributed by atoms with Gasteiger partial charge in [-0.25, -0.2) is 0 Å². The third kappa shape index (κ3) is 3.88. The number of fused-ring (bicyclic) bond motifs is 1. The zero-order chi connectivity index (χ0) is 18.8. The van der Waals surface area contributed by atoms with E-state index in [2.05, 4.69) is 30.9 Å². The average molecular weight is 384 g/mol. The molecule has 28 heavy (non-hydrogen) atoms. The summed E-state index contributed by atoms with van der Waals surface area (Å²) in [7, 11) is 0. The Hall–Kier alpha value is -1.69. The third-order valence-corrected chi connectivity index (χ3v) is 7.07. The minimum atomic E-state index is 0.558. The fraction of sp³-hybridized carbons (Fsp3) is 0.773. The number of rotatable bonds is 4. The van der Waals surface area contributed by atoms with Crippen molar-refractivity contribution in [1.29, 1.82) is 0 Å². The first-order chi connectivity index (χ1) is 13.9. The molecule has 0 amide bonds. The Balaban J connectivity index is 1.17. The number of likely N-dealkylation sites (tertiary alicyclic amines) is 1. The first-order valence-corrected chi connectivity index (χ1v) is 11.5. The highest BCUT2D eigenvalue weighted by molar-refractivity contribution is 5.12. The van der Waals surface area contributed by atoms with Crippen molar-refractivity contribution in [3.8, 4) is 0 Å². The van der Waals surface area contributed by atoms with Crippen LogP contribution < -0.4 is 0 Å². The molecule has 5 rings (SSSR count). The molecule has 6 nitrogen and oxygen atoms in total. The van der Waals surface area contributed by atoms with Crippen LogP contribution in [0.3, 0.4) is 0 Å². The summed E-state index contributed by atoms with van der Waals surface area (Å²) in [5, 5.41) is 13.5. The lowest BCUT2D eigenvalue weighted by Gasteiger charge is -2.30. The first kappa shape index (κ1) is 18.3. The largest absolute Gasteiger partial charge is 0.360 e. The average Bonchev–Trinajstić information content (AvgIpc) is 3.30. The maximum Gasteiger partial charge on any atom is 0.150 e. The number of piperidine rings is 1. The molecule has 2 fully saturated rings. The summed E-state index contributed by atoms with van der Waals surface area (Å²) < 4.78 is 8.12. The summed E-state index contributed by atoms with van der Waals surface area (Å²) in [4.78, 5) is 2.52. The van der Waals surface area contributed by atoms with Crippen LogP contribution in [0, 0.1) is 0 Å². The van der Waals surface area contributed by atoms with Crippen molar-refractivity contribution in [1.82, 2.24) is 24.8 Å². The monoisotopic (exact) mass is 383 g/mol. The maximum absolute atomic E-state index is 5.69. The number of aryl methyl sites for hydroxylation is 1. The van der Waals surface area contributed by atoms with Gasteiger partial charge in [-0.15, -0.1) is 10.2 Å². The zero-order valence-corrected chi connectivity index (χ0v) is 17.0. The van der Waals surface area contributed by atoms with Gasteiger partial charge >= 0.3 is 0 Å². The van der Waals surface area contributed by atoms with E-state index in [1.807, 2.05) is 0 Å². The second-order valence-electron chi connectivity index (χ2n) is 9.04. The van der Waals surface area contributed by atoms with Crippen molar-refractivity contribution < 1.29 is 4.52 Å². The van der Waals surface area contributed by atoms with Gasteiger partial charge in [0, 0.05) is 30.9 Å². The smallest absolute Gasteiger partial charge is 0.150 e. The third-order valence-electron chi connectivity index (χ3n) is 7.07. The van der Waals surface area contributed by atoms with Crippen LogP contribution in [-0.4, -0.2) is 37.9 Å².